The lowest BCUT2D eigenvalue weighted by Gasteiger charge is -2.20. The third-order valence-corrected chi connectivity index (χ3v) is 7.35. The summed E-state index contributed by atoms with van der Waals surface area (Å²) in [6.45, 7) is 12.1. The Balaban J connectivity index is 1.67. The number of hydrogen-bond donors (Lipinski definition) is 0. The van der Waals surface area contributed by atoms with Crippen molar-refractivity contribution in [2.45, 2.75) is 112 Å². The van der Waals surface area contributed by atoms with E-state index in [2.05, 4.69) is 39.0 Å². The Hall–Kier alpha value is -1.96. The van der Waals surface area contributed by atoms with Crippen molar-refractivity contribution in [3.63, 3.8) is 0 Å². The number of Topliss-reactive ketones (excluding diaryl/α,β-unsaturated/α-hetero) is 2. The molecule has 0 unspecified atom stereocenters. The first-order valence-electron chi connectivity index (χ1n) is 12.7. The molecule has 0 spiro atoms. The molecule has 0 amide bonds. The Morgan fingerprint density at radius 3 is 2.03 bits per heavy atom. The zero-order chi connectivity index (χ0) is 23.7. The van der Waals surface area contributed by atoms with Crippen molar-refractivity contribution in [3.8, 4) is 0 Å². The maximum Gasteiger partial charge on any atom is 0.185 e. The van der Waals surface area contributed by atoms with E-state index < -0.39 is 0 Å². The van der Waals surface area contributed by atoms with Gasteiger partial charge in [0, 0.05) is 22.3 Å². The number of hydrogen-bond acceptors (Lipinski definition) is 2. The molecule has 176 valence electrons. The molecule has 0 aromatic heterocycles. The summed E-state index contributed by atoms with van der Waals surface area (Å²) in [4.78, 5) is 24.9. The van der Waals surface area contributed by atoms with Crippen molar-refractivity contribution in [2.24, 2.45) is 5.92 Å². The summed E-state index contributed by atoms with van der Waals surface area (Å²) in [6.07, 6.45) is 19.9. The highest BCUT2D eigenvalue weighted by Gasteiger charge is 2.27. The van der Waals surface area contributed by atoms with Gasteiger partial charge in [-0.25, -0.2) is 0 Å². The average molecular weight is 437 g/mol. The van der Waals surface area contributed by atoms with Gasteiger partial charge in [-0.15, -0.1) is 0 Å². The highest BCUT2D eigenvalue weighted by atomic mass is 16.1. The first-order valence-corrected chi connectivity index (χ1v) is 12.7. The lowest BCUT2D eigenvalue weighted by Crippen LogP contribution is -2.21. The van der Waals surface area contributed by atoms with Gasteiger partial charge >= 0.3 is 0 Å². The molecule has 0 heterocycles. The van der Waals surface area contributed by atoms with Crippen LogP contribution in [0, 0.1) is 5.92 Å². The Labute approximate surface area is 196 Å². The van der Waals surface area contributed by atoms with Crippen LogP contribution in [0.2, 0.25) is 0 Å². The maximum atomic E-state index is 12.6. The van der Waals surface area contributed by atoms with Gasteiger partial charge in [0.05, 0.1) is 0 Å². The van der Waals surface area contributed by atoms with Gasteiger partial charge in [-0.05, 0) is 111 Å². The second-order valence-electron chi connectivity index (χ2n) is 10.1. The van der Waals surface area contributed by atoms with Crippen LogP contribution in [0.25, 0.3) is 0 Å². The van der Waals surface area contributed by atoms with Crippen LogP contribution < -0.4 is 0 Å². The molecule has 2 aliphatic carbocycles. The largest absolute Gasteiger partial charge is 0.289 e. The van der Waals surface area contributed by atoms with Gasteiger partial charge in [0.2, 0.25) is 0 Å². The predicted molar refractivity (Wildman–Crippen MR) is 137 cm³/mol. The van der Waals surface area contributed by atoms with E-state index in [0.29, 0.717) is 29.1 Å². The minimum absolute atomic E-state index is 0.0444. The molecule has 0 radical (unpaired) electrons. The van der Waals surface area contributed by atoms with Gasteiger partial charge in [-0.3, -0.25) is 9.59 Å². The van der Waals surface area contributed by atoms with Crippen LogP contribution in [0.5, 0.6) is 0 Å². The predicted octanol–water partition coefficient (Wildman–Crippen LogP) is 8.55. The fourth-order valence-corrected chi connectivity index (χ4v) is 4.45. The number of rotatable bonds is 12. The molecule has 0 aromatic rings. The summed E-state index contributed by atoms with van der Waals surface area (Å²) in [5.74, 6) is 0.662. The molecule has 2 heteroatoms. The quantitative estimate of drug-likeness (QED) is 0.227. The molecule has 2 rings (SSSR count). The molecule has 1 atom stereocenters. The van der Waals surface area contributed by atoms with E-state index in [9.17, 15) is 9.59 Å². The molecule has 0 saturated heterocycles. The van der Waals surface area contributed by atoms with Crippen molar-refractivity contribution in [2.75, 3.05) is 0 Å². The van der Waals surface area contributed by atoms with Gasteiger partial charge in [-0.1, -0.05) is 41.9 Å². The van der Waals surface area contributed by atoms with Crippen LogP contribution in [0.15, 0.2) is 57.2 Å². The molecule has 1 fully saturated rings. The van der Waals surface area contributed by atoms with Crippen LogP contribution >= 0.6 is 0 Å². The molecule has 2 nitrogen and oxygen atoms in total. The normalized spacial score (nSPS) is 19.0. The number of carbonyl (C=O) groups is 2. The van der Waals surface area contributed by atoms with E-state index in [1.807, 2.05) is 6.92 Å². The van der Waals surface area contributed by atoms with E-state index >= 15 is 0 Å². The van der Waals surface area contributed by atoms with E-state index in [4.69, 9.17) is 0 Å². The molecule has 1 saturated carbocycles. The molecular weight excluding hydrogens is 392 g/mol. The third kappa shape index (κ3) is 7.87. The summed E-state index contributed by atoms with van der Waals surface area (Å²) in [5, 5.41) is 0. The van der Waals surface area contributed by atoms with E-state index in [1.54, 1.807) is 19.4 Å². The topological polar surface area (TPSA) is 34.1 Å². The molecule has 2 aliphatic rings. The smallest absolute Gasteiger partial charge is 0.185 e. The van der Waals surface area contributed by atoms with E-state index in [1.165, 1.54) is 43.3 Å². The summed E-state index contributed by atoms with van der Waals surface area (Å²) in [5.41, 5.74) is 7.29. The first kappa shape index (κ1) is 26.3. The summed E-state index contributed by atoms with van der Waals surface area (Å²) < 4.78 is 0. The summed E-state index contributed by atoms with van der Waals surface area (Å²) in [6, 6.07) is 0. The Bertz CT molecular complexity index is 851. The van der Waals surface area contributed by atoms with Gasteiger partial charge in [0.1, 0.15) is 0 Å². The molecule has 0 N–H and O–H groups in total. The summed E-state index contributed by atoms with van der Waals surface area (Å²) >= 11 is 0. The molecule has 0 aromatic carbocycles. The number of carbonyl (C=O) groups excluding carboxylic acids is 2. The van der Waals surface area contributed by atoms with Crippen LogP contribution in [0.4, 0.5) is 0 Å². The lowest BCUT2D eigenvalue weighted by atomic mass is 9.82. The van der Waals surface area contributed by atoms with E-state index in [-0.39, 0.29) is 11.6 Å². The third-order valence-electron chi connectivity index (χ3n) is 7.35. The van der Waals surface area contributed by atoms with Gasteiger partial charge in [0.25, 0.3) is 0 Å². The SMILES string of the molecule is CC1=C(C)C(=O)C(CC[C@@H](C)CC/C=C(\C)CC/C=C(\C)CCC=C2CCC2)=C(C)C1=O. The molecule has 0 aliphatic heterocycles. The van der Waals surface area contributed by atoms with Crippen LogP contribution in [-0.4, -0.2) is 11.6 Å². The Kier molecular flexibility index (Phi) is 10.6. The fraction of sp³-hybridized carbons (Fsp3) is 0.600. The second kappa shape index (κ2) is 12.9. The zero-order valence-corrected chi connectivity index (χ0v) is 21.4. The first-order chi connectivity index (χ1) is 15.2. The van der Waals surface area contributed by atoms with Crippen molar-refractivity contribution in [1.29, 1.82) is 0 Å². The van der Waals surface area contributed by atoms with Crippen LogP contribution in [-0.2, 0) is 9.59 Å². The minimum atomic E-state index is 0.0444. The summed E-state index contributed by atoms with van der Waals surface area (Å²) in [7, 11) is 0. The number of allylic oxidation sites excluding steroid dienone is 10. The van der Waals surface area contributed by atoms with Gasteiger partial charge in [-0.2, -0.15) is 0 Å². The van der Waals surface area contributed by atoms with Crippen molar-refractivity contribution in [3.05, 3.63) is 57.2 Å². The zero-order valence-electron chi connectivity index (χ0n) is 21.4. The lowest BCUT2D eigenvalue weighted by molar-refractivity contribution is -0.116. The second-order valence-corrected chi connectivity index (χ2v) is 10.1. The maximum absolute atomic E-state index is 12.6. The Morgan fingerprint density at radius 2 is 1.41 bits per heavy atom. The highest BCUT2D eigenvalue weighted by Crippen LogP contribution is 2.29. The molecule has 0 bridgehead atoms. The van der Waals surface area contributed by atoms with Crippen molar-refractivity contribution in [1.82, 2.24) is 0 Å². The van der Waals surface area contributed by atoms with Crippen molar-refractivity contribution >= 4 is 11.6 Å². The minimum Gasteiger partial charge on any atom is -0.289 e. The highest BCUT2D eigenvalue weighted by molar-refractivity contribution is 6.24. The van der Waals surface area contributed by atoms with Crippen LogP contribution in [0.1, 0.15) is 112 Å². The number of ketones is 2. The monoisotopic (exact) mass is 436 g/mol. The molecule has 32 heavy (non-hydrogen) atoms. The average Bonchev–Trinajstić information content (AvgIpc) is 2.72. The molecular formula is C30H44O2. The Morgan fingerprint density at radius 1 is 0.812 bits per heavy atom. The van der Waals surface area contributed by atoms with Gasteiger partial charge < -0.3 is 0 Å². The van der Waals surface area contributed by atoms with Gasteiger partial charge in [0.15, 0.2) is 11.6 Å². The van der Waals surface area contributed by atoms with Crippen molar-refractivity contribution < 1.29 is 9.59 Å². The van der Waals surface area contributed by atoms with E-state index in [0.717, 1.165) is 37.7 Å². The van der Waals surface area contributed by atoms with Crippen LogP contribution in [0.3, 0.4) is 0 Å². The fourth-order valence-electron chi connectivity index (χ4n) is 4.45. The standard InChI is InChI=1S/C30H44O2/c1-21(11-7-12-22(2)15-9-16-27-17-10-18-27)13-8-14-23(3)19-20-28-26(6)29(31)24(4)25(5)30(28)32/h12-13,16,23H,7-11,14-15,17-20H2,1-6H3/b21-13+,22-12+/t23-/m0/s1.